The van der Waals surface area contributed by atoms with Crippen molar-refractivity contribution in [1.29, 1.82) is 0 Å². The second-order valence-corrected chi connectivity index (χ2v) is 5.97. The Bertz CT molecular complexity index is 660. The maximum atomic E-state index is 12.5. The minimum Gasteiger partial charge on any atom is -0.391 e. The van der Waals surface area contributed by atoms with Crippen LogP contribution in [0.3, 0.4) is 0 Å². The first-order valence-corrected chi connectivity index (χ1v) is 7.45. The molecule has 2 unspecified atom stereocenters. The van der Waals surface area contributed by atoms with Crippen LogP contribution < -0.4 is 5.73 Å². The van der Waals surface area contributed by atoms with Crippen molar-refractivity contribution in [2.45, 2.75) is 18.6 Å². The van der Waals surface area contributed by atoms with Crippen LogP contribution >= 0.6 is 11.6 Å². The molecule has 116 valence electrons. The molecule has 1 aliphatic rings. The number of H-pyrrole nitrogens is 1. The fourth-order valence-corrected chi connectivity index (χ4v) is 2.77. The zero-order chi connectivity index (χ0) is 15.7. The normalized spacial score (nSPS) is 21.9. The van der Waals surface area contributed by atoms with E-state index in [0.717, 1.165) is 5.56 Å². The van der Waals surface area contributed by atoms with Crippen LogP contribution in [0.4, 0.5) is 0 Å². The standard InChI is InChI=1S/C15H17ClN4O2/c16-10-3-1-9(2-4-10)13-6-14(19-18-13)15(22)20-7-11(17)5-12(21)8-20/h1-4,6,11-12,21H,5,7-8,17H2,(H,18,19). The fourth-order valence-electron chi connectivity index (χ4n) is 2.65. The molecule has 3 rings (SSSR count). The summed E-state index contributed by atoms with van der Waals surface area (Å²) in [5, 5.41) is 17.3. The van der Waals surface area contributed by atoms with Gasteiger partial charge in [-0.15, -0.1) is 0 Å². The van der Waals surface area contributed by atoms with Crippen molar-refractivity contribution < 1.29 is 9.90 Å². The summed E-state index contributed by atoms with van der Waals surface area (Å²) in [7, 11) is 0. The summed E-state index contributed by atoms with van der Waals surface area (Å²) in [6.07, 6.45) is -0.0608. The third-order valence-electron chi connectivity index (χ3n) is 3.70. The molecular weight excluding hydrogens is 304 g/mol. The zero-order valence-electron chi connectivity index (χ0n) is 11.9. The number of hydrogen-bond acceptors (Lipinski definition) is 4. The molecule has 1 fully saturated rings. The Labute approximate surface area is 132 Å². The van der Waals surface area contributed by atoms with Crippen molar-refractivity contribution in [3.63, 3.8) is 0 Å². The van der Waals surface area contributed by atoms with Gasteiger partial charge in [0, 0.05) is 29.7 Å². The number of aliphatic hydroxyl groups excluding tert-OH is 1. The number of rotatable bonds is 2. The molecule has 0 saturated carbocycles. The van der Waals surface area contributed by atoms with Gasteiger partial charge in [0.25, 0.3) is 5.91 Å². The molecule has 6 nitrogen and oxygen atoms in total. The minimum atomic E-state index is -0.577. The molecule has 7 heteroatoms. The number of piperidine rings is 1. The molecule has 2 heterocycles. The van der Waals surface area contributed by atoms with Crippen LogP contribution in [-0.2, 0) is 0 Å². The van der Waals surface area contributed by atoms with Crippen LogP contribution in [0, 0.1) is 0 Å². The molecule has 0 aliphatic carbocycles. The molecular formula is C15H17ClN4O2. The van der Waals surface area contributed by atoms with Crippen LogP contribution in [0.5, 0.6) is 0 Å². The number of benzene rings is 1. The summed E-state index contributed by atoms with van der Waals surface area (Å²) in [5.41, 5.74) is 7.77. The Hall–Kier alpha value is -1.89. The monoisotopic (exact) mass is 320 g/mol. The fraction of sp³-hybridized carbons (Fsp3) is 0.333. The van der Waals surface area contributed by atoms with Crippen molar-refractivity contribution in [3.05, 3.63) is 41.0 Å². The SMILES string of the molecule is NC1CC(O)CN(C(=O)c2cc(-c3ccc(Cl)cc3)n[nH]2)C1. The van der Waals surface area contributed by atoms with Crippen molar-refractivity contribution in [1.82, 2.24) is 15.1 Å². The number of likely N-dealkylation sites (tertiary alicyclic amines) is 1. The summed E-state index contributed by atoms with van der Waals surface area (Å²) in [6, 6.07) is 8.71. The Morgan fingerprint density at radius 2 is 2.09 bits per heavy atom. The largest absolute Gasteiger partial charge is 0.391 e. The number of halogens is 1. The van der Waals surface area contributed by atoms with E-state index in [1.807, 2.05) is 12.1 Å². The number of aromatic nitrogens is 2. The second kappa shape index (κ2) is 6.08. The van der Waals surface area contributed by atoms with Crippen molar-refractivity contribution in [3.8, 4) is 11.3 Å². The molecule has 1 saturated heterocycles. The first kappa shape index (κ1) is 15.0. The van der Waals surface area contributed by atoms with Gasteiger partial charge < -0.3 is 15.7 Å². The van der Waals surface area contributed by atoms with Crippen molar-refractivity contribution >= 4 is 17.5 Å². The summed E-state index contributed by atoms with van der Waals surface area (Å²) in [6.45, 7) is 0.729. The van der Waals surface area contributed by atoms with E-state index in [9.17, 15) is 9.90 Å². The van der Waals surface area contributed by atoms with Crippen molar-refractivity contribution in [2.75, 3.05) is 13.1 Å². The Balaban J connectivity index is 1.78. The average Bonchev–Trinajstić information content (AvgIpc) is 2.96. The maximum absolute atomic E-state index is 12.5. The summed E-state index contributed by atoms with van der Waals surface area (Å²) < 4.78 is 0. The number of carbonyl (C=O) groups is 1. The summed E-state index contributed by atoms with van der Waals surface area (Å²) in [5.74, 6) is -0.207. The third-order valence-corrected chi connectivity index (χ3v) is 3.95. The van der Waals surface area contributed by atoms with Gasteiger partial charge in [-0.1, -0.05) is 23.7 Å². The second-order valence-electron chi connectivity index (χ2n) is 5.53. The molecule has 1 aromatic carbocycles. The van der Waals surface area contributed by atoms with Crippen molar-refractivity contribution in [2.24, 2.45) is 5.73 Å². The molecule has 0 bridgehead atoms. The molecule has 2 atom stereocenters. The van der Waals surface area contributed by atoms with Gasteiger partial charge in [0.2, 0.25) is 0 Å². The number of nitrogens with zero attached hydrogens (tertiary/aromatic N) is 2. The number of aliphatic hydroxyl groups is 1. The molecule has 2 aromatic rings. The lowest BCUT2D eigenvalue weighted by molar-refractivity contribution is 0.0419. The van der Waals surface area contributed by atoms with Gasteiger partial charge in [0.05, 0.1) is 11.8 Å². The topological polar surface area (TPSA) is 95.2 Å². The Morgan fingerprint density at radius 1 is 1.36 bits per heavy atom. The smallest absolute Gasteiger partial charge is 0.272 e. The highest BCUT2D eigenvalue weighted by Gasteiger charge is 2.28. The average molecular weight is 321 g/mol. The number of nitrogens with two attached hydrogens (primary N) is 1. The van der Waals surface area contributed by atoms with E-state index in [4.69, 9.17) is 17.3 Å². The lowest BCUT2D eigenvalue weighted by Crippen LogP contribution is -2.51. The van der Waals surface area contributed by atoms with E-state index in [1.54, 1.807) is 23.1 Å². The van der Waals surface area contributed by atoms with Crippen LogP contribution in [0.1, 0.15) is 16.9 Å². The highest BCUT2D eigenvalue weighted by Crippen LogP contribution is 2.21. The highest BCUT2D eigenvalue weighted by atomic mass is 35.5. The van der Waals surface area contributed by atoms with Crippen LogP contribution in [0.2, 0.25) is 5.02 Å². The molecule has 0 spiro atoms. The molecule has 4 N–H and O–H groups in total. The molecule has 1 amide bonds. The van der Waals surface area contributed by atoms with Gasteiger partial charge in [-0.3, -0.25) is 9.89 Å². The maximum Gasteiger partial charge on any atom is 0.272 e. The number of amides is 1. The van der Waals surface area contributed by atoms with Gasteiger partial charge in [-0.25, -0.2) is 0 Å². The molecule has 22 heavy (non-hydrogen) atoms. The number of nitrogens with one attached hydrogen (secondary N) is 1. The minimum absolute atomic E-state index is 0.202. The third kappa shape index (κ3) is 3.14. The van der Waals surface area contributed by atoms with E-state index in [1.165, 1.54) is 0 Å². The zero-order valence-corrected chi connectivity index (χ0v) is 12.6. The number of β-amino-alcohol motifs (C(OH)–C–C–N with tert-alkyl or cyclic N) is 1. The van der Waals surface area contributed by atoms with Gasteiger partial charge in [0.15, 0.2) is 0 Å². The van der Waals surface area contributed by atoms with E-state index in [-0.39, 0.29) is 11.9 Å². The number of aromatic amines is 1. The first-order chi connectivity index (χ1) is 10.5. The molecule has 1 aliphatic heterocycles. The predicted octanol–water partition coefficient (Wildman–Crippen LogP) is 1.26. The Morgan fingerprint density at radius 3 is 2.77 bits per heavy atom. The summed E-state index contributed by atoms with van der Waals surface area (Å²) >= 11 is 5.86. The lowest BCUT2D eigenvalue weighted by atomic mass is 10.0. The predicted molar refractivity (Wildman–Crippen MR) is 83.5 cm³/mol. The van der Waals surface area contributed by atoms with Crippen LogP contribution in [-0.4, -0.2) is 51.3 Å². The molecule has 1 aromatic heterocycles. The van der Waals surface area contributed by atoms with E-state index in [0.29, 0.717) is 35.9 Å². The van der Waals surface area contributed by atoms with E-state index >= 15 is 0 Å². The Kier molecular flexibility index (Phi) is 4.15. The molecule has 0 radical (unpaired) electrons. The van der Waals surface area contributed by atoms with E-state index < -0.39 is 6.10 Å². The van der Waals surface area contributed by atoms with E-state index in [2.05, 4.69) is 10.2 Å². The first-order valence-electron chi connectivity index (χ1n) is 7.07. The quantitative estimate of drug-likeness (QED) is 0.776. The van der Waals surface area contributed by atoms with Gasteiger partial charge in [0.1, 0.15) is 5.69 Å². The number of carbonyl (C=O) groups excluding carboxylic acids is 1. The van der Waals surface area contributed by atoms with Crippen LogP contribution in [0.15, 0.2) is 30.3 Å². The van der Waals surface area contributed by atoms with Gasteiger partial charge >= 0.3 is 0 Å². The van der Waals surface area contributed by atoms with Crippen LogP contribution in [0.25, 0.3) is 11.3 Å². The van der Waals surface area contributed by atoms with Gasteiger partial charge in [-0.05, 0) is 24.6 Å². The van der Waals surface area contributed by atoms with Gasteiger partial charge in [-0.2, -0.15) is 5.10 Å². The lowest BCUT2D eigenvalue weighted by Gasteiger charge is -2.33. The number of hydrogen-bond donors (Lipinski definition) is 3. The highest BCUT2D eigenvalue weighted by molar-refractivity contribution is 6.30. The summed E-state index contributed by atoms with van der Waals surface area (Å²) in [4.78, 5) is 14.0.